The van der Waals surface area contributed by atoms with E-state index in [1.807, 2.05) is 36.4 Å². The number of nitrogens with zero attached hydrogens (tertiary/aromatic N) is 1. The summed E-state index contributed by atoms with van der Waals surface area (Å²) in [6, 6.07) is 10.6. The summed E-state index contributed by atoms with van der Waals surface area (Å²) in [5, 5.41) is 13.8. The van der Waals surface area contributed by atoms with E-state index in [9.17, 15) is 9.59 Å². The fourth-order valence-electron chi connectivity index (χ4n) is 3.14. The van der Waals surface area contributed by atoms with Gasteiger partial charge in [-0.25, -0.2) is 4.79 Å². The molecule has 1 aromatic rings. The van der Waals surface area contributed by atoms with Crippen molar-refractivity contribution in [1.82, 2.24) is 10.6 Å². The maximum Gasteiger partial charge on any atom is 0.408 e. The highest BCUT2D eigenvalue weighted by atomic mass is 16.5. The zero-order chi connectivity index (χ0) is 17.9. The maximum absolute atomic E-state index is 12.3. The minimum atomic E-state index is -0.667. The van der Waals surface area contributed by atoms with Gasteiger partial charge in [-0.15, -0.1) is 0 Å². The second-order valence-electron chi connectivity index (χ2n) is 6.37. The van der Waals surface area contributed by atoms with Crippen molar-refractivity contribution >= 4 is 12.0 Å². The zero-order valence-electron chi connectivity index (χ0n) is 14.4. The number of amides is 2. The predicted molar refractivity (Wildman–Crippen MR) is 93.4 cm³/mol. The third kappa shape index (κ3) is 6.84. The molecule has 0 bridgehead atoms. The number of ether oxygens (including phenoxy) is 1. The smallest absolute Gasteiger partial charge is 0.408 e. The summed E-state index contributed by atoms with van der Waals surface area (Å²) >= 11 is 0. The first-order chi connectivity index (χ1) is 12.2. The molecule has 25 heavy (non-hydrogen) atoms. The fraction of sp³-hybridized carbons (Fsp3) is 0.526. The summed E-state index contributed by atoms with van der Waals surface area (Å²) in [6.45, 7) is 0.0867. The third-order valence-corrected chi connectivity index (χ3v) is 4.46. The molecular formula is C19H25N3O3. The summed E-state index contributed by atoms with van der Waals surface area (Å²) < 4.78 is 5.21. The number of benzene rings is 1. The average molecular weight is 343 g/mol. The minimum absolute atomic E-state index is 0.0687. The van der Waals surface area contributed by atoms with Crippen LogP contribution in [0.4, 0.5) is 4.79 Å². The minimum Gasteiger partial charge on any atom is -0.445 e. The monoisotopic (exact) mass is 343 g/mol. The number of carbonyl (C=O) groups is 2. The Morgan fingerprint density at radius 1 is 1.20 bits per heavy atom. The summed E-state index contributed by atoms with van der Waals surface area (Å²) in [7, 11) is 0. The number of carbonyl (C=O) groups excluding carboxylic acids is 2. The average Bonchev–Trinajstić information content (AvgIpc) is 2.65. The van der Waals surface area contributed by atoms with E-state index in [2.05, 4.69) is 10.6 Å². The molecule has 2 N–H and O–H groups in total. The molecule has 0 aliphatic heterocycles. The van der Waals surface area contributed by atoms with Gasteiger partial charge in [0.05, 0.1) is 6.07 Å². The molecule has 0 unspecified atom stereocenters. The Morgan fingerprint density at radius 3 is 2.60 bits per heavy atom. The second-order valence-corrected chi connectivity index (χ2v) is 6.37. The lowest BCUT2D eigenvalue weighted by Gasteiger charge is -2.26. The van der Waals surface area contributed by atoms with Crippen LogP contribution in [-0.2, 0) is 16.1 Å². The van der Waals surface area contributed by atoms with Gasteiger partial charge in [0.2, 0.25) is 5.91 Å². The molecule has 1 aliphatic carbocycles. The Bertz CT molecular complexity index is 592. The molecule has 0 radical (unpaired) electrons. The zero-order valence-corrected chi connectivity index (χ0v) is 14.4. The molecule has 134 valence electrons. The summed E-state index contributed by atoms with van der Waals surface area (Å²) in [5.74, 6) is 0.0878. The highest BCUT2D eigenvalue weighted by molar-refractivity contribution is 5.85. The Morgan fingerprint density at radius 2 is 1.92 bits per heavy atom. The van der Waals surface area contributed by atoms with Crippen LogP contribution in [0.5, 0.6) is 0 Å². The number of nitriles is 1. The van der Waals surface area contributed by atoms with Crippen LogP contribution < -0.4 is 10.6 Å². The van der Waals surface area contributed by atoms with Crippen LogP contribution in [0.1, 0.15) is 44.1 Å². The van der Waals surface area contributed by atoms with E-state index >= 15 is 0 Å². The van der Waals surface area contributed by atoms with Crippen LogP contribution in [-0.4, -0.2) is 24.6 Å². The van der Waals surface area contributed by atoms with Crippen LogP contribution in [0.25, 0.3) is 0 Å². The Labute approximate surface area is 148 Å². The van der Waals surface area contributed by atoms with E-state index in [1.54, 1.807) is 0 Å². The van der Waals surface area contributed by atoms with E-state index in [4.69, 9.17) is 10.00 Å². The summed E-state index contributed by atoms with van der Waals surface area (Å²) in [5.41, 5.74) is 0.885. The lowest BCUT2D eigenvalue weighted by molar-refractivity contribution is -0.123. The van der Waals surface area contributed by atoms with Crippen molar-refractivity contribution in [3.05, 3.63) is 35.9 Å². The molecule has 6 heteroatoms. The molecule has 2 rings (SSSR count). The van der Waals surface area contributed by atoms with E-state index in [1.165, 1.54) is 6.42 Å². The lowest BCUT2D eigenvalue weighted by Crippen LogP contribution is -2.48. The Hall–Kier alpha value is -2.55. The topological polar surface area (TPSA) is 91.2 Å². The molecule has 0 heterocycles. The van der Waals surface area contributed by atoms with Crippen molar-refractivity contribution in [1.29, 1.82) is 5.26 Å². The van der Waals surface area contributed by atoms with Gasteiger partial charge in [0.1, 0.15) is 19.2 Å². The standard InChI is InChI=1S/C19H25N3O3/c20-11-12-21-18(23)17(13-15-7-3-1-4-8-15)22-19(24)25-14-16-9-5-2-6-10-16/h2,5-6,9-10,15,17H,1,3-4,7-8,12-14H2,(H,21,23)(H,22,24)/t17-/m1/s1. The van der Waals surface area contributed by atoms with Crippen molar-refractivity contribution in [2.75, 3.05) is 6.54 Å². The van der Waals surface area contributed by atoms with Gasteiger partial charge in [0.25, 0.3) is 0 Å². The van der Waals surface area contributed by atoms with Crippen LogP contribution in [0, 0.1) is 17.2 Å². The molecular weight excluding hydrogens is 318 g/mol. The number of alkyl carbamates (subject to hydrolysis) is 1. The van der Waals surface area contributed by atoms with Gasteiger partial charge >= 0.3 is 6.09 Å². The number of hydrogen-bond acceptors (Lipinski definition) is 4. The SMILES string of the molecule is N#CCNC(=O)[C@@H](CC1CCCCC1)NC(=O)OCc1ccccc1. The molecule has 0 saturated heterocycles. The predicted octanol–water partition coefficient (Wildman–Crippen LogP) is 2.89. The molecule has 0 spiro atoms. The normalized spacial score (nSPS) is 15.6. The third-order valence-electron chi connectivity index (χ3n) is 4.46. The quantitative estimate of drug-likeness (QED) is 0.745. The van der Waals surface area contributed by atoms with Crippen LogP contribution >= 0.6 is 0 Å². The van der Waals surface area contributed by atoms with E-state index in [0.29, 0.717) is 12.3 Å². The number of nitrogens with one attached hydrogen (secondary N) is 2. The molecule has 1 fully saturated rings. The van der Waals surface area contributed by atoms with Gasteiger partial charge in [-0.1, -0.05) is 62.4 Å². The van der Waals surface area contributed by atoms with Crippen LogP contribution in [0.15, 0.2) is 30.3 Å². The van der Waals surface area contributed by atoms with E-state index < -0.39 is 12.1 Å². The van der Waals surface area contributed by atoms with Crippen LogP contribution in [0.2, 0.25) is 0 Å². The summed E-state index contributed by atoms with van der Waals surface area (Å²) in [6.07, 6.45) is 5.67. The number of hydrogen-bond donors (Lipinski definition) is 2. The molecule has 1 aromatic carbocycles. The first-order valence-corrected chi connectivity index (χ1v) is 8.81. The van der Waals surface area contributed by atoms with Gasteiger partial charge in [-0.2, -0.15) is 5.26 Å². The molecule has 1 saturated carbocycles. The van der Waals surface area contributed by atoms with Gasteiger partial charge in [0.15, 0.2) is 0 Å². The van der Waals surface area contributed by atoms with Gasteiger partial charge in [-0.05, 0) is 17.9 Å². The largest absolute Gasteiger partial charge is 0.445 e. The highest BCUT2D eigenvalue weighted by Gasteiger charge is 2.26. The van der Waals surface area contributed by atoms with Crippen LogP contribution in [0.3, 0.4) is 0 Å². The van der Waals surface area contributed by atoms with Crippen molar-refractivity contribution in [3.8, 4) is 6.07 Å². The van der Waals surface area contributed by atoms with E-state index in [-0.39, 0.29) is 19.1 Å². The summed E-state index contributed by atoms with van der Waals surface area (Å²) in [4.78, 5) is 24.3. The lowest BCUT2D eigenvalue weighted by atomic mass is 9.84. The van der Waals surface area contributed by atoms with Gasteiger partial charge < -0.3 is 15.4 Å². The van der Waals surface area contributed by atoms with Crippen molar-refractivity contribution in [3.63, 3.8) is 0 Å². The maximum atomic E-state index is 12.3. The number of rotatable bonds is 7. The molecule has 1 aliphatic rings. The fourth-order valence-corrected chi connectivity index (χ4v) is 3.14. The highest BCUT2D eigenvalue weighted by Crippen LogP contribution is 2.27. The van der Waals surface area contributed by atoms with Crippen molar-refractivity contribution < 1.29 is 14.3 Å². The van der Waals surface area contributed by atoms with E-state index in [0.717, 1.165) is 31.2 Å². The molecule has 6 nitrogen and oxygen atoms in total. The first-order valence-electron chi connectivity index (χ1n) is 8.81. The molecule has 2 amide bonds. The molecule has 1 atom stereocenters. The Balaban J connectivity index is 1.87. The first kappa shape index (κ1) is 18.8. The second kappa shape index (κ2) is 10.3. The van der Waals surface area contributed by atoms with Crippen molar-refractivity contribution in [2.45, 2.75) is 51.2 Å². The van der Waals surface area contributed by atoms with Gasteiger partial charge in [0, 0.05) is 0 Å². The van der Waals surface area contributed by atoms with Gasteiger partial charge in [-0.3, -0.25) is 4.79 Å². The van der Waals surface area contributed by atoms with Crippen molar-refractivity contribution in [2.24, 2.45) is 5.92 Å². The Kier molecular flexibility index (Phi) is 7.77. The molecule has 0 aromatic heterocycles.